The molecule has 2 aromatic carbocycles. The quantitative estimate of drug-likeness (QED) is 0.460. The van der Waals surface area contributed by atoms with E-state index in [1.807, 2.05) is 48.5 Å². The highest BCUT2D eigenvalue weighted by atomic mass is 35.5. The summed E-state index contributed by atoms with van der Waals surface area (Å²) in [6.45, 7) is 0. The van der Waals surface area contributed by atoms with E-state index in [0.29, 0.717) is 33.1 Å². The number of benzene rings is 2. The lowest BCUT2D eigenvalue weighted by Crippen LogP contribution is -2.13. The predicted octanol–water partition coefficient (Wildman–Crippen LogP) is 4.25. The molecule has 3 aromatic heterocycles. The molecule has 3 heterocycles. The maximum atomic E-state index is 12.3. The molecule has 0 aliphatic carbocycles. The van der Waals surface area contributed by atoms with Crippen LogP contribution in [0.4, 0.5) is 0 Å². The number of rotatable bonds is 3. The number of hydrogen-bond donors (Lipinski definition) is 2. The molecule has 0 unspecified atom stereocenters. The summed E-state index contributed by atoms with van der Waals surface area (Å²) < 4.78 is 0. The maximum Gasteiger partial charge on any atom is 0.253 e. The number of nitrogens with one attached hydrogen (secondary N) is 2. The van der Waals surface area contributed by atoms with Crippen LogP contribution in [0.15, 0.2) is 59.5 Å². The van der Waals surface area contributed by atoms with Gasteiger partial charge >= 0.3 is 0 Å². The Bertz CT molecular complexity index is 1510. The van der Waals surface area contributed by atoms with Crippen LogP contribution in [0, 0.1) is 11.3 Å². The van der Waals surface area contributed by atoms with E-state index in [-0.39, 0.29) is 12.0 Å². The topological polar surface area (TPSA) is 111 Å². The molecule has 2 N–H and O–H groups in total. The van der Waals surface area contributed by atoms with Gasteiger partial charge in [0, 0.05) is 22.1 Å². The van der Waals surface area contributed by atoms with Crippen LogP contribution in [0.1, 0.15) is 5.56 Å². The minimum absolute atomic E-state index is 0.00443. The van der Waals surface area contributed by atoms with Gasteiger partial charge in [-0.15, -0.1) is 0 Å². The van der Waals surface area contributed by atoms with Crippen LogP contribution in [0.2, 0.25) is 5.02 Å². The van der Waals surface area contributed by atoms with Crippen LogP contribution < -0.4 is 5.56 Å². The number of fused-ring (bicyclic) bond motifs is 2. The molecule has 144 valence electrons. The van der Waals surface area contributed by atoms with Crippen LogP contribution in [0.3, 0.4) is 0 Å². The molecule has 0 spiro atoms. The Morgan fingerprint density at radius 2 is 1.83 bits per heavy atom. The number of H-pyrrole nitrogens is 2. The van der Waals surface area contributed by atoms with Gasteiger partial charge < -0.3 is 4.98 Å². The van der Waals surface area contributed by atoms with Gasteiger partial charge in [0.2, 0.25) is 0 Å². The molecule has 8 heteroatoms. The van der Waals surface area contributed by atoms with E-state index in [1.54, 1.807) is 12.3 Å². The van der Waals surface area contributed by atoms with Gasteiger partial charge in [-0.05, 0) is 18.2 Å². The second kappa shape index (κ2) is 7.10. The van der Waals surface area contributed by atoms with Crippen LogP contribution >= 0.6 is 11.6 Å². The molecule has 5 aromatic rings. The smallest absolute Gasteiger partial charge is 0.253 e. The third kappa shape index (κ3) is 3.00. The van der Waals surface area contributed by atoms with E-state index < -0.39 is 0 Å². The zero-order valence-electron chi connectivity index (χ0n) is 15.5. The summed E-state index contributed by atoms with van der Waals surface area (Å²) in [5, 5.41) is 17.3. The fraction of sp³-hybridized carbons (Fsp3) is 0.0455. The van der Waals surface area contributed by atoms with Crippen molar-refractivity contribution in [1.29, 1.82) is 5.26 Å². The number of aromatic nitrogens is 5. The highest BCUT2D eigenvalue weighted by Gasteiger charge is 2.16. The molecule has 0 atom stereocenters. The molecular formula is C22H13ClN6O. The second-order valence-corrected chi connectivity index (χ2v) is 7.18. The number of pyridine rings is 1. The van der Waals surface area contributed by atoms with Gasteiger partial charge in [0.05, 0.1) is 40.6 Å². The van der Waals surface area contributed by atoms with Gasteiger partial charge in [-0.2, -0.15) is 10.4 Å². The minimum atomic E-state index is -0.340. The zero-order chi connectivity index (χ0) is 20.7. The number of aromatic amines is 2. The Labute approximate surface area is 175 Å². The monoisotopic (exact) mass is 412 g/mol. The third-order valence-electron chi connectivity index (χ3n) is 4.85. The summed E-state index contributed by atoms with van der Waals surface area (Å²) in [7, 11) is 0. The average Bonchev–Trinajstić information content (AvgIpc) is 3.24. The summed E-state index contributed by atoms with van der Waals surface area (Å²) in [6, 6.07) is 17.0. The molecule has 0 amide bonds. The summed E-state index contributed by atoms with van der Waals surface area (Å²) >= 11 is 6.45. The van der Waals surface area contributed by atoms with E-state index in [0.717, 1.165) is 22.0 Å². The molecule has 0 saturated carbocycles. The third-order valence-corrected chi connectivity index (χ3v) is 5.15. The summed E-state index contributed by atoms with van der Waals surface area (Å²) in [4.78, 5) is 24.6. The molecule has 7 nitrogen and oxygen atoms in total. The van der Waals surface area contributed by atoms with Gasteiger partial charge in [0.15, 0.2) is 5.65 Å². The number of halogens is 1. The first-order valence-electron chi connectivity index (χ1n) is 9.13. The maximum absolute atomic E-state index is 12.3. The van der Waals surface area contributed by atoms with Gasteiger partial charge in [0.1, 0.15) is 5.52 Å². The van der Waals surface area contributed by atoms with Crippen LogP contribution in [-0.2, 0) is 6.42 Å². The Kier molecular flexibility index (Phi) is 4.27. The second-order valence-electron chi connectivity index (χ2n) is 6.77. The van der Waals surface area contributed by atoms with Crippen molar-refractivity contribution >= 4 is 33.7 Å². The van der Waals surface area contributed by atoms with Crippen LogP contribution in [0.25, 0.3) is 44.6 Å². The van der Waals surface area contributed by atoms with Crippen molar-refractivity contribution in [2.75, 3.05) is 0 Å². The number of nitrogens with zero attached hydrogens (tertiary/aromatic N) is 4. The Balaban J connectivity index is 1.84. The van der Waals surface area contributed by atoms with Crippen molar-refractivity contribution in [1.82, 2.24) is 25.1 Å². The minimum Gasteiger partial charge on any atom is -0.305 e. The van der Waals surface area contributed by atoms with Crippen molar-refractivity contribution < 1.29 is 0 Å². The first kappa shape index (κ1) is 18.0. The highest BCUT2D eigenvalue weighted by Crippen LogP contribution is 2.34. The standard InChI is InChI=1S/C22H13ClN6O/c23-16-9-14(8-15-11-25-29-18(15)16)20-19(12-4-2-1-3-5-12)27-21-17(26-20)10-13(6-7-24)22(30)28-21/h1-5,8-11H,6H2,(H,25,29)(H,27,28,30). The fourth-order valence-corrected chi connectivity index (χ4v) is 3.69. The van der Waals surface area contributed by atoms with Crippen molar-refractivity contribution in [3.8, 4) is 28.6 Å². The first-order chi connectivity index (χ1) is 14.6. The molecule has 0 radical (unpaired) electrons. The average molecular weight is 413 g/mol. The lowest BCUT2D eigenvalue weighted by atomic mass is 10.0. The normalized spacial score (nSPS) is 11.1. The SMILES string of the molecule is N#CCc1cc2nc(-c3cc(Cl)c4[nH]ncc4c3)c(-c3ccccc3)nc2[nH]c1=O. The molecule has 5 rings (SSSR count). The lowest BCUT2D eigenvalue weighted by molar-refractivity contribution is 1.12. The Morgan fingerprint density at radius 3 is 2.63 bits per heavy atom. The molecule has 0 aliphatic rings. The Hall–Kier alpha value is -4.02. The van der Waals surface area contributed by atoms with Gasteiger partial charge in [0.25, 0.3) is 5.56 Å². The molecule has 0 bridgehead atoms. The van der Waals surface area contributed by atoms with E-state index in [2.05, 4.69) is 15.2 Å². The largest absolute Gasteiger partial charge is 0.305 e. The van der Waals surface area contributed by atoms with Crippen LogP contribution in [-0.4, -0.2) is 25.1 Å². The number of hydrogen-bond acceptors (Lipinski definition) is 5. The van der Waals surface area contributed by atoms with Crippen molar-refractivity contribution in [2.45, 2.75) is 6.42 Å². The molecular weight excluding hydrogens is 400 g/mol. The number of nitriles is 1. The van der Waals surface area contributed by atoms with Crippen molar-refractivity contribution in [3.05, 3.63) is 75.7 Å². The van der Waals surface area contributed by atoms with Gasteiger partial charge in [-0.3, -0.25) is 9.89 Å². The highest BCUT2D eigenvalue weighted by molar-refractivity contribution is 6.35. The predicted molar refractivity (Wildman–Crippen MR) is 115 cm³/mol. The Morgan fingerprint density at radius 1 is 1.03 bits per heavy atom. The molecule has 0 saturated heterocycles. The molecule has 30 heavy (non-hydrogen) atoms. The lowest BCUT2D eigenvalue weighted by Gasteiger charge is -2.11. The van der Waals surface area contributed by atoms with E-state index in [1.165, 1.54) is 0 Å². The van der Waals surface area contributed by atoms with Crippen molar-refractivity contribution in [3.63, 3.8) is 0 Å². The summed E-state index contributed by atoms with van der Waals surface area (Å²) in [5.41, 5.74) is 4.48. The van der Waals surface area contributed by atoms with Gasteiger partial charge in [-0.1, -0.05) is 41.9 Å². The molecule has 0 aliphatic heterocycles. The first-order valence-corrected chi connectivity index (χ1v) is 9.51. The van der Waals surface area contributed by atoms with Crippen LogP contribution in [0.5, 0.6) is 0 Å². The van der Waals surface area contributed by atoms with Gasteiger partial charge in [-0.25, -0.2) is 9.97 Å². The summed E-state index contributed by atoms with van der Waals surface area (Å²) in [5.74, 6) is 0. The molecule has 0 fully saturated rings. The fourth-order valence-electron chi connectivity index (χ4n) is 3.43. The van der Waals surface area contributed by atoms with E-state index >= 15 is 0 Å². The summed E-state index contributed by atoms with van der Waals surface area (Å²) in [6.07, 6.45) is 1.69. The van der Waals surface area contributed by atoms with E-state index in [4.69, 9.17) is 26.8 Å². The van der Waals surface area contributed by atoms with Crippen molar-refractivity contribution in [2.24, 2.45) is 0 Å². The zero-order valence-corrected chi connectivity index (χ0v) is 16.2. The van der Waals surface area contributed by atoms with E-state index in [9.17, 15) is 4.79 Å².